The molecule has 6 heteroatoms. The highest BCUT2D eigenvalue weighted by molar-refractivity contribution is 9.10. The van der Waals surface area contributed by atoms with Crippen LogP contribution in [0.25, 0.3) is 0 Å². The summed E-state index contributed by atoms with van der Waals surface area (Å²) in [7, 11) is 2.83. The highest BCUT2D eigenvalue weighted by atomic mass is 79.9. The van der Waals surface area contributed by atoms with E-state index >= 15 is 0 Å². The van der Waals surface area contributed by atoms with Crippen LogP contribution >= 0.6 is 15.9 Å². The number of benzene rings is 1. The number of nitrogens with one attached hydrogen (secondary N) is 1. The van der Waals surface area contributed by atoms with Crippen molar-refractivity contribution in [3.05, 3.63) is 33.8 Å². The predicted octanol–water partition coefficient (Wildman–Crippen LogP) is 2.07. The molecule has 0 radical (unpaired) electrons. The third-order valence-electron chi connectivity index (χ3n) is 2.82. The Morgan fingerprint density at radius 2 is 2.05 bits per heavy atom. The fourth-order valence-corrected chi connectivity index (χ4v) is 1.90. The zero-order chi connectivity index (χ0) is 15.1. The number of halogens is 1. The highest BCUT2D eigenvalue weighted by Crippen LogP contribution is 2.17. The van der Waals surface area contributed by atoms with Gasteiger partial charge in [-0.2, -0.15) is 0 Å². The number of amides is 1. The first-order chi connectivity index (χ1) is 9.49. The van der Waals surface area contributed by atoms with Gasteiger partial charge in [-0.25, -0.2) is 4.79 Å². The first-order valence-corrected chi connectivity index (χ1v) is 6.92. The summed E-state index contributed by atoms with van der Waals surface area (Å²) in [5, 5.41) is 2.66. The molecule has 5 nitrogen and oxygen atoms in total. The molecule has 1 aromatic rings. The molecule has 0 fully saturated rings. The summed E-state index contributed by atoms with van der Waals surface area (Å²) >= 11 is 3.38. The Balaban J connectivity index is 2.78. The average molecular weight is 344 g/mol. The molecule has 0 aromatic heterocycles. The summed E-state index contributed by atoms with van der Waals surface area (Å²) in [5.41, 5.74) is 1.45. The van der Waals surface area contributed by atoms with Gasteiger partial charge < -0.3 is 14.8 Å². The van der Waals surface area contributed by atoms with Crippen molar-refractivity contribution in [2.75, 3.05) is 20.8 Å². The van der Waals surface area contributed by atoms with Gasteiger partial charge in [0.05, 0.1) is 7.11 Å². The van der Waals surface area contributed by atoms with Crippen molar-refractivity contribution in [3.8, 4) is 0 Å². The van der Waals surface area contributed by atoms with Gasteiger partial charge in [-0.3, -0.25) is 4.79 Å². The normalized spacial score (nSPS) is 11.8. The standard InChI is InChI=1S/C14H18BrNO4/c1-9-8-10(4-5-11(9)15)13(17)16-12(6-7-19-2)14(18)20-3/h4-5,8,12H,6-7H2,1-3H3,(H,16,17). The van der Waals surface area contributed by atoms with Gasteiger partial charge in [0.15, 0.2) is 0 Å². The lowest BCUT2D eigenvalue weighted by atomic mass is 10.1. The van der Waals surface area contributed by atoms with Crippen LogP contribution in [0.3, 0.4) is 0 Å². The van der Waals surface area contributed by atoms with E-state index < -0.39 is 12.0 Å². The summed E-state index contributed by atoms with van der Waals surface area (Å²) in [6.07, 6.45) is 0.365. The fourth-order valence-electron chi connectivity index (χ4n) is 1.65. The zero-order valence-electron chi connectivity index (χ0n) is 11.7. The van der Waals surface area contributed by atoms with E-state index in [0.29, 0.717) is 18.6 Å². The second-order valence-corrected chi connectivity index (χ2v) is 5.15. The van der Waals surface area contributed by atoms with Gasteiger partial charge in [-0.05, 0) is 30.7 Å². The minimum atomic E-state index is -0.712. The van der Waals surface area contributed by atoms with Gasteiger partial charge in [0, 0.05) is 30.2 Å². The molecule has 0 aliphatic heterocycles. The Kier molecular flexibility index (Phi) is 6.67. The Labute approximate surface area is 126 Å². The number of ether oxygens (including phenoxy) is 2. The van der Waals surface area contributed by atoms with E-state index in [2.05, 4.69) is 26.0 Å². The monoisotopic (exact) mass is 343 g/mol. The van der Waals surface area contributed by atoms with Crippen molar-refractivity contribution >= 4 is 27.8 Å². The second-order valence-electron chi connectivity index (χ2n) is 4.29. The Hall–Kier alpha value is -1.40. The third-order valence-corrected chi connectivity index (χ3v) is 3.71. The molecule has 0 spiro atoms. The molecule has 1 atom stereocenters. The lowest BCUT2D eigenvalue weighted by Gasteiger charge is -2.16. The molecule has 0 aliphatic carbocycles. The predicted molar refractivity (Wildman–Crippen MR) is 78.6 cm³/mol. The Bertz CT molecular complexity index is 490. The van der Waals surface area contributed by atoms with E-state index in [1.165, 1.54) is 14.2 Å². The summed E-state index contributed by atoms with van der Waals surface area (Å²) < 4.78 is 10.5. The van der Waals surface area contributed by atoms with Crippen LogP contribution in [0, 0.1) is 6.92 Å². The largest absolute Gasteiger partial charge is 0.467 e. The molecule has 0 aliphatic rings. The quantitative estimate of drug-likeness (QED) is 0.803. The van der Waals surface area contributed by atoms with Gasteiger partial charge in [0.25, 0.3) is 5.91 Å². The number of hydrogen-bond donors (Lipinski definition) is 1. The fraction of sp³-hybridized carbons (Fsp3) is 0.429. The topological polar surface area (TPSA) is 64.6 Å². The van der Waals surface area contributed by atoms with Crippen LogP contribution in [0.5, 0.6) is 0 Å². The van der Waals surface area contributed by atoms with Crippen molar-refractivity contribution in [1.29, 1.82) is 0 Å². The van der Waals surface area contributed by atoms with E-state index in [9.17, 15) is 9.59 Å². The molecule has 1 N–H and O–H groups in total. The molecule has 1 unspecified atom stereocenters. The van der Waals surface area contributed by atoms with Crippen molar-refractivity contribution in [1.82, 2.24) is 5.32 Å². The van der Waals surface area contributed by atoms with Crippen LogP contribution in [0.1, 0.15) is 22.3 Å². The molecule has 20 heavy (non-hydrogen) atoms. The van der Waals surface area contributed by atoms with Crippen LogP contribution in [-0.2, 0) is 14.3 Å². The summed E-state index contributed by atoms with van der Waals surface area (Å²) in [5.74, 6) is -0.795. The van der Waals surface area contributed by atoms with Crippen molar-refractivity contribution in [2.45, 2.75) is 19.4 Å². The maximum absolute atomic E-state index is 12.1. The molecule has 0 bridgehead atoms. The Morgan fingerprint density at radius 3 is 2.60 bits per heavy atom. The maximum atomic E-state index is 12.1. The molecular weight excluding hydrogens is 326 g/mol. The van der Waals surface area contributed by atoms with Gasteiger partial charge in [0.2, 0.25) is 0 Å². The molecule has 1 amide bonds. The minimum Gasteiger partial charge on any atom is -0.467 e. The van der Waals surface area contributed by atoms with Crippen molar-refractivity contribution in [2.24, 2.45) is 0 Å². The molecule has 1 aromatic carbocycles. The lowest BCUT2D eigenvalue weighted by molar-refractivity contribution is -0.143. The first-order valence-electron chi connectivity index (χ1n) is 6.13. The number of aryl methyl sites for hydroxylation is 1. The maximum Gasteiger partial charge on any atom is 0.328 e. The zero-order valence-corrected chi connectivity index (χ0v) is 13.3. The van der Waals surface area contributed by atoms with Crippen LogP contribution in [0.15, 0.2) is 22.7 Å². The average Bonchev–Trinajstić information content (AvgIpc) is 2.45. The highest BCUT2D eigenvalue weighted by Gasteiger charge is 2.21. The van der Waals surface area contributed by atoms with Crippen LogP contribution in [-0.4, -0.2) is 38.7 Å². The molecule has 1 rings (SSSR count). The molecular formula is C14H18BrNO4. The van der Waals surface area contributed by atoms with E-state index in [-0.39, 0.29) is 5.91 Å². The molecule has 0 heterocycles. The number of methoxy groups -OCH3 is 2. The summed E-state index contributed by atoms with van der Waals surface area (Å²) in [4.78, 5) is 23.7. The van der Waals surface area contributed by atoms with E-state index in [4.69, 9.17) is 4.74 Å². The van der Waals surface area contributed by atoms with Crippen LogP contribution in [0.2, 0.25) is 0 Å². The van der Waals surface area contributed by atoms with Gasteiger partial charge in [0.1, 0.15) is 6.04 Å². The number of hydrogen-bond acceptors (Lipinski definition) is 4. The summed E-state index contributed by atoms with van der Waals surface area (Å²) in [6, 6.07) is 4.53. The number of carbonyl (C=O) groups is 2. The Morgan fingerprint density at radius 1 is 1.35 bits per heavy atom. The summed E-state index contributed by atoms with van der Waals surface area (Å²) in [6.45, 7) is 2.25. The van der Waals surface area contributed by atoms with E-state index in [0.717, 1.165) is 10.0 Å². The van der Waals surface area contributed by atoms with Crippen LogP contribution < -0.4 is 5.32 Å². The molecule has 0 saturated carbocycles. The van der Waals surface area contributed by atoms with Gasteiger partial charge >= 0.3 is 5.97 Å². The molecule has 110 valence electrons. The van der Waals surface area contributed by atoms with Crippen molar-refractivity contribution in [3.63, 3.8) is 0 Å². The first kappa shape index (κ1) is 16.7. The van der Waals surface area contributed by atoms with Crippen LogP contribution in [0.4, 0.5) is 0 Å². The lowest BCUT2D eigenvalue weighted by Crippen LogP contribution is -2.42. The third kappa shape index (κ3) is 4.61. The molecule has 0 saturated heterocycles. The smallest absolute Gasteiger partial charge is 0.328 e. The number of rotatable bonds is 6. The minimum absolute atomic E-state index is 0.313. The van der Waals surface area contributed by atoms with Crippen molar-refractivity contribution < 1.29 is 19.1 Å². The van der Waals surface area contributed by atoms with Gasteiger partial charge in [-0.1, -0.05) is 15.9 Å². The number of esters is 1. The van der Waals surface area contributed by atoms with Gasteiger partial charge in [-0.15, -0.1) is 0 Å². The second kappa shape index (κ2) is 8.01. The number of carbonyl (C=O) groups excluding carboxylic acids is 2. The van der Waals surface area contributed by atoms with E-state index in [1.54, 1.807) is 18.2 Å². The van der Waals surface area contributed by atoms with E-state index in [1.807, 2.05) is 6.92 Å². The SMILES string of the molecule is COCCC(NC(=O)c1ccc(Br)c(C)c1)C(=O)OC.